The fourth-order valence-electron chi connectivity index (χ4n) is 5.28. The van der Waals surface area contributed by atoms with Crippen molar-refractivity contribution in [2.45, 2.75) is 92.2 Å². The van der Waals surface area contributed by atoms with Crippen molar-refractivity contribution in [1.29, 1.82) is 5.41 Å². The summed E-state index contributed by atoms with van der Waals surface area (Å²) >= 11 is 0. The van der Waals surface area contributed by atoms with E-state index in [4.69, 9.17) is 15.4 Å². The van der Waals surface area contributed by atoms with Gasteiger partial charge in [-0.05, 0) is 61.3 Å². The number of hydrogen-bond donors (Lipinski definition) is 3. The van der Waals surface area contributed by atoms with Crippen LogP contribution in [0.5, 0.6) is 0 Å². The summed E-state index contributed by atoms with van der Waals surface area (Å²) in [7, 11) is 1.33. The number of aromatic nitrogens is 4. The van der Waals surface area contributed by atoms with E-state index in [-0.39, 0.29) is 23.1 Å². The van der Waals surface area contributed by atoms with Gasteiger partial charge in [0, 0.05) is 19.6 Å². The van der Waals surface area contributed by atoms with Crippen LogP contribution in [-0.2, 0) is 6.54 Å². The van der Waals surface area contributed by atoms with Gasteiger partial charge in [0.1, 0.15) is 11.3 Å². The van der Waals surface area contributed by atoms with Gasteiger partial charge in [-0.2, -0.15) is 0 Å². The van der Waals surface area contributed by atoms with E-state index < -0.39 is 6.09 Å². The Morgan fingerprint density at radius 1 is 1.19 bits per heavy atom. The smallest absolute Gasteiger partial charge is 0.412 e. The predicted molar refractivity (Wildman–Crippen MR) is 148 cm³/mol. The van der Waals surface area contributed by atoms with Crippen molar-refractivity contribution >= 4 is 34.5 Å². The largest absolute Gasteiger partial charge is 0.465 e. The van der Waals surface area contributed by atoms with Crippen LogP contribution in [0.2, 0.25) is 0 Å². The van der Waals surface area contributed by atoms with E-state index in [0.29, 0.717) is 23.3 Å². The Kier molecular flexibility index (Phi) is 7.62. The van der Waals surface area contributed by atoms with Crippen LogP contribution < -0.4 is 5.32 Å². The first-order valence-corrected chi connectivity index (χ1v) is 13.7. The Hall–Kier alpha value is -2.97. The zero-order valence-corrected chi connectivity index (χ0v) is 23.3. The van der Waals surface area contributed by atoms with Crippen molar-refractivity contribution < 1.29 is 9.90 Å². The summed E-state index contributed by atoms with van der Waals surface area (Å²) in [4.78, 5) is 26.7. The van der Waals surface area contributed by atoms with Crippen molar-refractivity contribution in [2.75, 3.05) is 12.4 Å². The maximum Gasteiger partial charge on any atom is 0.412 e. The molecule has 0 radical (unpaired) electrons. The SMILES string of the molecule is C=C(c1nc2nc(C(=N)N(C)C(=O)O)nc(N[C@H](C)C3CCC3)c2n1CC1CCC(C)CC1)C(C)(C)C. The molecule has 0 aromatic carbocycles. The standard InChI is InChI=1S/C28H43N7O2/c1-16-11-13-19(14-12-16)15-35-21-23(30-18(3)20-9-8-10-20)31-25(22(29)34(7)27(36)37)32-24(21)33-26(35)17(2)28(4,5)6/h16,18-20,29H,2,8-15H2,1,3-7H3,(H,36,37)(H,30,31,32)/t16?,18-,19?/m1/s1. The molecule has 4 rings (SSSR count). The van der Waals surface area contributed by atoms with Gasteiger partial charge < -0.3 is 15.0 Å². The number of rotatable bonds is 7. The third-order valence-corrected chi connectivity index (χ3v) is 8.41. The van der Waals surface area contributed by atoms with Gasteiger partial charge >= 0.3 is 6.09 Å². The average molecular weight is 510 g/mol. The number of nitrogens with zero attached hydrogens (tertiary/aromatic N) is 5. The highest BCUT2D eigenvalue weighted by Crippen LogP contribution is 2.38. The Morgan fingerprint density at radius 2 is 1.84 bits per heavy atom. The molecule has 0 spiro atoms. The fraction of sp³-hybridized carbons (Fsp3) is 0.679. The van der Waals surface area contributed by atoms with Crippen LogP contribution in [0.25, 0.3) is 16.7 Å². The minimum atomic E-state index is -1.23. The Labute approximate surface area is 220 Å². The van der Waals surface area contributed by atoms with Gasteiger partial charge in [-0.25, -0.2) is 19.7 Å². The molecule has 9 nitrogen and oxygen atoms in total. The van der Waals surface area contributed by atoms with Crippen molar-refractivity contribution in [3.05, 3.63) is 18.2 Å². The molecule has 0 saturated heterocycles. The second-order valence-corrected chi connectivity index (χ2v) is 12.3. The molecular weight excluding hydrogens is 466 g/mol. The molecule has 2 aromatic heterocycles. The topological polar surface area (TPSA) is 120 Å². The molecule has 3 N–H and O–H groups in total. The molecule has 0 aliphatic heterocycles. The van der Waals surface area contributed by atoms with E-state index >= 15 is 0 Å². The number of fused-ring (bicyclic) bond motifs is 1. The van der Waals surface area contributed by atoms with Gasteiger partial charge in [0.25, 0.3) is 0 Å². The molecule has 0 bridgehead atoms. The Bertz CT molecular complexity index is 1180. The third-order valence-electron chi connectivity index (χ3n) is 8.41. The first-order valence-electron chi connectivity index (χ1n) is 13.7. The molecule has 1 atom stereocenters. The molecule has 0 unspecified atom stereocenters. The van der Waals surface area contributed by atoms with Crippen molar-refractivity contribution in [2.24, 2.45) is 23.2 Å². The number of carboxylic acid groups (broad SMARTS) is 1. The highest BCUT2D eigenvalue weighted by atomic mass is 16.4. The van der Waals surface area contributed by atoms with E-state index in [1.165, 1.54) is 52.0 Å². The van der Waals surface area contributed by atoms with Crippen LogP contribution in [-0.4, -0.2) is 54.5 Å². The van der Waals surface area contributed by atoms with Crippen LogP contribution >= 0.6 is 0 Å². The summed E-state index contributed by atoms with van der Waals surface area (Å²) in [5.41, 5.74) is 2.02. The second kappa shape index (κ2) is 10.4. The fourth-order valence-corrected chi connectivity index (χ4v) is 5.28. The number of amidine groups is 1. The number of allylic oxidation sites excluding steroid dienone is 1. The summed E-state index contributed by atoms with van der Waals surface area (Å²) in [5.74, 6) is 3.05. The number of carbonyl (C=O) groups is 1. The lowest BCUT2D eigenvalue weighted by Crippen LogP contribution is -2.34. The lowest BCUT2D eigenvalue weighted by Gasteiger charge is -2.32. The number of nitrogens with one attached hydrogen (secondary N) is 2. The summed E-state index contributed by atoms with van der Waals surface area (Å²) in [6.07, 6.45) is 7.18. The average Bonchev–Trinajstić information content (AvgIpc) is 3.15. The van der Waals surface area contributed by atoms with Gasteiger partial charge in [-0.3, -0.25) is 10.3 Å². The van der Waals surface area contributed by atoms with Crippen LogP contribution in [0.1, 0.15) is 91.2 Å². The molecule has 202 valence electrons. The molecule has 2 aromatic rings. The lowest BCUT2D eigenvalue weighted by molar-refractivity contribution is 0.175. The van der Waals surface area contributed by atoms with Gasteiger partial charge in [0.2, 0.25) is 0 Å². The molecule has 1 amide bonds. The third kappa shape index (κ3) is 5.65. The number of anilines is 1. The number of hydrogen-bond acceptors (Lipinski definition) is 6. The van der Waals surface area contributed by atoms with Crippen LogP contribution in [0.4, 0.5) is 10.6 Å². The Morgan fingerprint density at radius 3 is 2.38 bits per heavy atom. The molecule has 2 heterocycles. The number of amides is 1. The van der Waals surface area contributed by atoms with E-state index in [9.17, 15) is 9.90 Å². The first kappa shape index (κ1) is 27.1. The number of imidazole rings is 1. The molecular formula is C28H43N7O2. The monoisotopic (exact) mass is 509 g/mol. The maximum atomic E-state index is 11.6. The van der Waals surface area contributed by atoms with E-state index in [1.54, 1.807) is 0 Å². The van der Waals surface area contributed by atoms with Gasteiger partial charge in [-0.1, -0.05) is 53.5 Å². The summed E-state index contributed by atoms with van der Waals surface area (Å²) in [5, 5.41) is 21.5. The minimum absolute atomic E-state index is 0.0461. The minimum Gasteiger partial charge on any atom is -0.465 e. The molecule has 9 heteroatoms. The van der Waals surface area contributed by atoms with Crippen molar-refractivity contribution in [3.8, 4) is 0 Å². The first-order chi connectivity index (χ1) is 17.4. The molecule has 2 saturated carbocycles. The maximum absolute atomic E-state index is 11.6. The summed E-state index contributed by atoms with van der Waals surface area (Å²) < 4.78 is 2.24. The summed E-state index contributed by atoms with van der Waals surface area (Å²) in [6.45, 7) is 16.1. The van der Waals surface area contributed by atoms with Gasteiger partial charge in [-0.15, -0.1) is 0 Å². The zero-order valence-electron chi connectivity index (χ0n) is 23.3. The van der Waals surface area contributed by atoms with Crippen LogP contribution in [0.3, 0.4) is 0 Å². The molecule has 2 aliphatic rings. The highest BCUT2D eigenvalue weighted by Gasteiger charge is 2.31. The lowest BCUT2D eigenvalue weighted by atomic mass is 9.80. The quantitative estimate of drug-likeness (QED) is 0.300. The van der Waals surface area contributed by atoms with E-state index in [0.717, 1.165) is 34.3 Å². The van der Waals surface area contributed by atoms with E-state index in [1.807, 2.05) is 0 Å². The van der Waals surface area contributed by atoms with Crippen LogP contribution in [0.15, 0.2) is 6.58 Å². The highest BCUT2D eigenvalue weighted by molar-refractivity contribution is 6.03. The van der Waals surface area contributed by atoms with Crippen LogP contribution in [0, 0.1) is 28.6 Å². The van der Waals surface area contributed by atoms with Gasteiger partial charge in [0.05, 0.1) is 0 Å². The van der Waals surface area contributed by atoms with E-state index in [2.05, 4.69) is 56.1 Å². The van der Waals surface area contributed by atoms with Crippen molar-refractivity contribution in [3.63, 3.8) is 0 Å². The van der Waals surface area contributed by atoms with Crippen molar-refractivity contribution in [1.82, 2.24) is 24.4 Å². The van der Waals surface area contributed by atoms with Gasteiger partial charge in [0.15, 0.2) is 23.1 Å². The second-order valence-electron chi connectivity index (χ2n) is 12.3. The molecule has 2 fully saturated rings. The Balaban J connectivity index is 1.87. The molecule has 37 heavy (non-hydrogen) atoms. The predicted octanol–water partition coefficient (Wildman–Crippen LogP) is 6.25. The zero-order chi connectivity index (χ0) is 27.1. The summed E-state index contributed by atoms with van der Waals surface area (Å²) in [6, 6.07) is 0.194. The molecule has 2 aliphatic carbocycles. The normalized spacial score (nSPS) is 21.4.